The number of fused-ring (bicyclic) bond motifs is 3. The van der Waals surface area contributed by atoms with Gasteiger partial charge in [-0.05, 0) is 91.5 Å². The van der Waals surface area contributed by atoms with Crippen LogP contribution in [-0.2, 0) is 5.41 Å². The maximum Gasteiger partial charge on any atom is 0.0713 e. The Hall–Kier alpha value is -7.22. The van der Waals surface area contributed by atoms with Crippen LogP contribution in [0.3, 0.4) is 0 Å². The fraction of sp³-hybridized carbons (Fsp3) is 0.0182. The molecule has 1 aliphatic carbocycles. The molecule has 0 unspecified atom stereocenters. The summed E-state index contributed by atoms with van der Waals surface area (Å²) < 4.78 is 0. The molecule has 1 heteroatoms. The van der Waals surface area contributed by atoms with Crippen molar-refractivity contribution < 1.29 is 0 Å². The zero-order valence-electron chi connectivity index (χ0n) is 31.0. The summed E-state index contributed by atoms with van der Waals surface area (Å²) in [6.45, 7) is 0. The lowest BCUT2D eigenvalue weighted by Crippen LogP contribution is -2.28. The molecule has 0 atom stereocenters. The summed E-state index contributed by atoms with van der Waals surface area (Å²) in [7, 11) is 0. The van der Waals surface area contributed by atoms with Crippen molar-refractivity contribution in [1.82, 2.24) is 0 Å². The molecule has 0 radical (unpaired) electrons. The van der Waals surface area contributed by atoms with Crippen LogP contribution in [0.25, 0.3) is 44.5 Å². The SMILES string of the molecule is c1ccc(-c2ccc(N(c3ccc(-c4cccc5c4-c4ccccc4C5(c4ccccc4)c4ccccc4)cc3)c3ccccc3-c3ccccc3)cc2)cc1. The number of hydrogen-bond donors (Lipinski definition) is 0. The Bertz CT molecular complexity index is 2710. The molecular formula is C55H39N. The molecule has 0 spiro atoms. The highest BCUT2D eigenvalue weighted by Crippen LogP contribution is 2.58. The van der Waals surface area contributed by atoms with Gasteiger partial charge in [0.05, 0.1) is 11.1 Å². The van der Waals surface area contributed by atoms with E-state index in [9.17, 15) is 0 Å². The molecule has 10 rings (SSSR count). The minimum absolute atomic E-state index is 0.436. The minimum atomic E-state index is -0.436. The van der Waals surface area contributed by atoms with Crippen molar-refractivity contribution in [1.29, 1.82) is 0 Å². The molecule has 1 nitrogen and oxygen atoms in total. The van der Waals surface area contributed by atoms with E-state index in [1.807, 2.05) is 0 Å². The second kappa shape index (κ2) is 14.2. The standard InChI is InChI=1S/C55H39N/c1-5-18-40(19-6-1)41-32-36-46(37-33-41)56(53-31-16-14-26-48(53)42-20-7-2-8-21-42)47-38-34-43(35-39-47)49-28-17-30-52-54(49)50-27-13-15-29-51(50)55(52,44-22-9-3-10-23-44)45-24-11-4-12-25-45/h1-39H. The lowest BCUT2D eigenvalue weighted by Gasteiger charge is -2.34. The van der Waals surface area contributed by atoms with Gasteiger partial charge >= 0.3 is 0 Å². The topological polar surface area (TPSA) is 3.24 Å². The molecule has 0 N–H and O–H groups in total. The third kappa shape index (κ3) is 5.56. The van der Waals surface area contributed by atoms with Gasteiger partial charge < -0.3 is 4.90 Å². The van der Waals surface area contributed by atoms with E-state index in [0.717, 1.165) is 17.1 Å². The average Bonchev–Trinajstić information content (AvgIpc) is 3.60. The highest BCUT2D eigenvalue weighted by Gasteiger charge is 2.46. The quantitative estimate of drug-likeness (QED) is 0.152. The van der Waals surface area contributed by atoms with E-state index in [1.54, 1.807) is 0 Å². The Morgan fingerprint density at radius 3 is 1.29 bits per heavy atom. The summed E-state index contributed by atoms with van der Waals surface area (Å²) in [5.41, 5.74) is 17.8. The van der Waals surface area contributed by atoms with Crippen molar-refractivity contribution in [3.8, 4) is 44.5 Å². The van der Waals surface area contributed by atoms with Gasteiger partial charge in [-0.25, -0.2) is 0 Å². The molecule has 0 fully saturated rings. The fourth-order valence-corrected chi connectivity index (χ4v) is 8.92. The first-order chi connectivity index (χ1) is 27.8. The van der Waals surface area contributed by atoms with Crippen molar-refractivity contribution >= 4 is 17.1 Å². The van der Waals surface area contributed by atoms with Crippen molar-refractivity contribution in [3.05, 3.63) is 259 Å². The highest BCUT2D eigenvalue weighted by molar-refractivity contribution is 5.96. The third-order valence-electron chi connectivity index (χ3n) is 11.4. The van der Waals surface area contributed by atoms with Crippen molar-refractivity contribution in [2.45, 2.75) is 5.41 Å². The molecule has 9 aromatic carbocycles. The third-order valence-corrected chi connectivity index (χ3v) is 11.4. The first-order valence-corrected chi connectivity index (χ1v) is 19.4. The molecule has 0 saturated heterocycles. The fourth-order valence-electron chi connectivity index (χ4n) is 8.92. The summed E-state index contributed by atoms with van der Waals surface area (Å²) in [6.07, 6.45) is 0. The van der Waals surface area contributed by atoms with Gasteiger partial charge in [-0.15, -0.1) is 0 Å². The monoisotopic (exact) mass is 713 g/mol. The molecule has 0 saturated carbocycles. The van der Waals surface area contributed by atoms with Crippen molar-refractivity contribution in [3.63, 3.8) is 0 Å². The maximum atomic E-state index is 2.39. The number of para-hydroxylation sites is 1. The van der Waals surface area contributed by atoms with E-state index >= 15 is 0 Å². The summed E-state index contributed by atoms with van der Waals surface area (Å²) in [6, 6.07) is 86.0. The molecule has 0 aromatic heterocycles. The predicted molar refractivity (Wildman–Crippen MR) is 235 cm³/mol. The molecule has 0 amide bonds. The summed E-state index contributed by atoms with van der Waals surface area (Å²) in [4.78, 5) is 2.39. The van der Waals surface area contributed by atoms with Gasteiger partial charge in [0.2, 0.25) is 0 Å². The molecule has 0 bridgehead atoms. The summed E-state index contributed by atoms with van der Waals surface area (Å²) in [5.74, 6) is 0. The van der Waals surface area contributed by atoms with E-state index in [4.69, 9.17) is 0 Å². The molecular weight excluding hydrogens is 675 g/mol. The first-order valence-electron chi connectivity index (χ1n) is 19.4. The Balaban J connectivity index is 1.13. The minimum Gasteiger partial charge on any atom is -0.310 e. The van der Waals surface area contributed by atoms with Crippen molar-refractivity contribution in [2.24, 2.45) is 0 Å². The number of rotatable bonds is 8. The van der Waals surface area contributed by atoms with Gasteiger partial charge in [0, 0.05) is 16.9 Å². The molecule has 9 aromatic rings. The van der Waals surface area contributed by atoms with Gasteiger partial charge in [0.15, 0.2) is 0 Å². The Labute approximate surface area is 329 Å². The predicted octanol–water partition coefficient (Wildman–Crippen LogP) is 14.5. The van der Waals surface area contributed by atoms with E-state index in [-0.39, 0.29) is 0 Å². The van der Waals surface area contributed by atoms with E-state index in [0.29, 0.717) is 0 Å². The van der Waals surface area contributed by atoms with Crippen LogP contribution in [0.5, 0.6) is 0 Å². The lowest BCUT2D eigenvalue weighted by atomic mass is 9.67. The van der Waals surface area contributed by atoms with Crippen LogP contribution in [-0.4, -0.2) is 0 Å². The van der Waals surface area contributed by atoms with Gasteiger partial charge in [-0.1, -0.05) is 206 Å². The van der Waals surface area contributed by atoms with Gasteiger partial charge in [0.1, 0.15) is 0 Å². The number of benzene rings is 9. The zero-order valence-corrected chi connectivity index (χ0v) is 31.0. The van der Waals surface area contributed by atoms with E-state index < -0.39 is 5.41 Å². The first kappa shape index (κ1) is 33.4. The molecule has 0 heterocycles. The average molecular weight is 714 g/mol. The molecule has 264 valence electrons. The van der Waals surface area contributed by atoms with Crippen molar-refractivity contribution in [2.75, 3.05) is 4.90 Å². The number of anilines is 3. The van der Waals surface area contributed by atoms with Crippen LogP contribution in [0.4, 0.5) is 17.1 Å². The Kier molecular flexibility index (Phi) is 8.46. The molecule has 0 aliphatic heterocycles. The second-order valence-corrected chi connectivity index (χ2v) is 14.4. The van der Waals surface area contributed by atoms with Crippen LogP contribution < -0.4 is 4.90 Å². The van der Waals surface area contributed by atoms with Gasteiger partial charge in [-0.3, -0.25) is 0 Å². The maximum absolute atomic E-state index is 2.39. The van der Waals surface area contributed by atoms with Crippen LogP contribution >= 0.6 is 0 Å². The normalized spacial score (nSPS) is 12.4. The van der Waals surface area contributed by atoms with Crippen LogP contribution in [0.2, 0.25) is 0 Å². The van der Waals surface area contributed by atoms with Crippen LogP contribution in [0.1, 0.15) is 22.3 Å². The second-order valence-electron chi connectivity index (χ2n) is 14.4. The van der Waals surface area contributed by atoms with E-state index in [2.05, 4.69) is 241 Å². The van der Waals surface area contributed by atoms with E-state index in [1.165, 1.54) is 66.8 Å². The Morgan fingerprint density at radius 1 is 0.268 bits per heavy atom. The largest absolute Gasteiger partial charge is 0.310 e. The lowest BCUT2D eigenvalue weighted by molar-refractivity contribution is 0.768. The smallest absolute Gasteiger partial charge is 0.0713 e. The summed E-state index contributed by atoms with van der Waals surface area (Å²) in [5, 5.41) is 0. The molecule has 1 aliphatic rings. The number of hydrogen-bond acceptors (Lipinski definition) is 1. The van der Waals surface area contributed by atoms with Crippen LogP contribution in [0.15, 0.2) is 237 Å². The zero-order chi connectivity index (χ0) is 37.3. The highest BCUT2D eigenvalue weighted by atomic mass is 15.1. The molecule has 56 heavy (non-hydrogen) atoms. The number of nitrogens with zero attached hydrogens (tertiary/aromatic N) is 1. The summed E-state index contributed by atoms with van der Waals surface area (Å²) >= 11 is 0. The Morgan fingerprint density at radius 2 is 0.679 bits per heavy atom. The van der Waals surface area contributed by atoms with Crippen LogP contribution in [0, 0.1) is 0 Å². The van der Waals surface area contributed by atoms with Gasteiger partial charge in [-0.2, -0.15) is 0 Å². The van der Waals surface area contributed by atoms with Gasteiger partial charge in [0.25, 0.3) is 0 Å².